The summed E-state index contributed by atoms with van der Waals surface area (Å²) in [4.78, 5) is 4.59. The van der Waals surface area contributed by atoms with E-state index in [1.165, 1.54) is 15.5 Å². The van der Waals surface area contributed by atoms with Crippen LogP contribution in [0.2, 0.25) is 0 Å². The largest absolute Gasteiger partial charge is 0.376 e. The third-order valence-electron chi connectivity index (χ3n) is 3.58. The van der Waals surface area contributed by atoms with Crippen molar-refractivity contribution in [3.05, 3.63) is 48.5 Å². The van der Waals surface area contributed by atoms with Crippen LogP contribution in [0, 0.1) is 0 Å². The zero-order valence-electron chi connectivity index (χ0n) is 10.7. The Bertz CT molecular complexity index is 624. The van der Waals surface area contributed by atoms with Crippen LogP contribution in [-0.2, 0) is 0 Å². The van der Waals surface area contributed by atoms with Gasteiger partial charge in [0.1, 0.15) is 17.5 Å². The van der Waals surface area contributed by atoms with Crippen molar-refractivity contribution in [1.29, 1.82) is 0 Å². The molecule has 5 heteroatoms. The minimum Gasteiger partial charge on any atom is -0.376 e. The molecular weight excluding hydrogens is 288 g/mol. The van der Waals surface area contributed by atoms with Crippen LogP contribution in [-0.4, -0.2) is 22.6 Å². The van der Waals surface area contributed by atoms with Gasteiger partial charge in [0.25, 0.3) is 0 Å². The predicted molar refractivity (Wildman–Crippen MR) is 85.4 cm³/mol. The molecule has 0 spiro atoms. The summed E-state index contributed by atoms with van der Waals surface area (Å²) in [5.41, 5.74) is 2.32. The van der Waals surface area contributed by atoms with E-state index in [0.717, 1.165) is 5.69 Å². The van der Waals surface area contributed by atoms with Crippen molar-refractivity contribution < 1.29 is 5.11 Å². The molecule has 2 aromatic rings. The standard InChI is InChI=1S/C15H14N2OS2/c18-9-17-11-6-2-4-8-13(11)20-15(17)14-16-10-5-1-3-7-12(10)19-14/h1-8,14-16,18H,9H2. The summed E-state index contributed by atoms with van der Waals surface area (Å²) in [5, 5.41) is 13.8. The van der Waals surface area contributed by atoms with E-state index in [-0.39, 0.29) is 17.5 Å². The molecule has 2 aliphatic rings. The summed E-state index contributed by atoms with van der Waals surface area (Å²) in [6.07, 6.45) is 0. The second-order valence-corrected chi connectivity index (χ2v) is 7.11. The van der Waals surface area contributed by atoms with E-state index < -0.39 is 0 Å². The number of aliphatic hydroxyl groups is 1. The molecule has 0 saturated carbocycles. The van der Waals surface area contributed by atoms with Crippen LogP contribution in [0.25, 0.3) is 0 Å². The van der Waals surface area contributed by atoms with Crippen LogP contribution in [0.15, 0.2) is 58.3 Å². The number of thioether (sulfide) groups is 2. The predicted octanol–water partition coefficient (Wildman–Crippen LogP) is 3.42. The van der Waals surface area contributed by atoms with Crippen LogP contribution >= 0.6 is 23.5 Å². The highest BCUT2D eigenvalue weighted by atomic mass is 32.2. The number of hydrogen-bond donors (Lipinski definition) is 2. The smallest absolute Gasteiger partial charge is 0.116 e. The molecule has 0 fully saturated rings. The molecule has 0 radical (unpaired) electrons. The fourth-order valence-corrected chi connectivity index (χ4v) is 5.33. The number of nitrogens with zero attached hydrogens (tertiary/aromatic N) is 1. The number of rotatable bonds is 2. The van der Waals surface area contributed by atoms with Crippen LogP contribution < -0.4 is 10.2 Å². The number of anilines is 2. The zero-order chi connectivity index (χ0) is 13.5. The molecule has 102 valence electrons. The maximum Gasteiger partial charge on any atom is 0.116 e. The fourth-order valence-electron chi connectivity index (χ4n) is 2.64. The summed E-state index contributed by atoms with van der Waals surface area (Å²) in [5.74, 6) is 0. The normalized spacial score (nSPS) is 23.4. The van der Waals surface area contributed by atoms with Crippen LogP contribution in [0.3, 0.4) is 0 Å². The Morgan fingerprint density at radius 1 is 1.00 bits per heavy atom. The molecule has 20 heavy (non-hydrogen) atoms. The Balaban J connectivity index is 1.63. The molecule has 2 atom stereocenters. The Hall–Kier alpha value is -1.30. The van der Waals surface area contributed by atoms with E-state index >= 15 is 0 Å². The lowest BCUT2D eigenvalue weighted by atomic mass is 10.3. The molecule has 0 bridgehead atoms. The summed E-state index contributed by atoms with van der Waals surface area (Å²) in [6.45, 7) is 0.0454. The number of fused-ring (bicyclic) bond motifs is 2. The number of para-hydroxylation sites is 2. The van der Waals surface area contributed by atoms with E-state index in [4.69, 9.17) is 0 Å². The Labute approximate surface area is 126 Å². The second kappa shape index (κ2) is 4.91. The summed E-state index contributed by atoms with van der Waals surface area (Å²) in [7, 11) is 0. The minimum absolute atomic E-state index is 0.0454. The first-order chi connectivity index (χ1) is 9.86. The molecule has 0 aliphatic carbocycles. The molecule has 0 aromatic heterocycles. The number of benzene rings is 2. The third-order valence-corrected chi connectivity index (χ3v) is 6.36. The van der Waals surface area contributed by atoms with Crippen molar-refractivity contribution in [1.82, 2.24) is 0 Å². The molecular formula is C15H14N2OS2. The molecule has 2 aromatic carbocycles. The Kier molecular flexibility index (Phi) is 3.06. The molecule has 2 unspecified atom stereocenters. The quantitative estimate of drug-likeness (QED) is 0.889. The van der Waals surface area contributed by atoms with Gasteiger partial charge in [-0.3, -0.25) is 0 Å². The lowest BCUT2D eigenvalue weighted by Gasteiger charge is -2.28. The average Bonchev–Trinajstić information content (AvgIpc) is 3.07. The maximum atomic E-state index is 9.74. The van der Waals surface area contributed by atoms with Crippen LogP contribution in [0.1, 0.15) is 0 Å². The first-order valence-electron chi connectivity index (χ1n) is 6.52. The highest BCUT2D eigenvalue weighted by molar-refractivity contribution is 8.04. The van der Waals surface area contributed by atoms with Crippen molar-refractivity contribution in [2.24, 2.45) is 0 Å². The van der Waals surface area contributed by atoms with Crippen molar-refractivity contribution in [3.8, 4) is 0 Å². The van der Waals surface area contributed by atoms with Gasteiger partial charge in [0.05, 0.1) is 5.69 Å². The SMILES string of the molecule is OCN1c2ccccc2SC1C1Nc2ccccc2S1. The van der Waals surface area contributed by atoms with Gasteiger partial charge in [-0.25, -0.2) is 0 Å². The van der Waals surface area contributed by atoms with E-state index in [1.807, 2.05) is 35.7 Å². The van der Waals surface area contributed by atoms with E-state index in [0.29, 0.717) is 0 Å². The summed E-state index contributed by atoms with van der Waals surface area (Å²) >= 11 is 3.66. The lowest BCUT2D eigenvalue weighted by molar-refractivity contribution is 0.289. The number of nitrogens with one attached hydrogen (secondary N) is 1. The highest BCUT2D eigenvalue weighted by Crippen LogP contribution is 2.50. The van der Waals surface area contributed by atoms with Gasteiger partial charge in [0.15, 0.2) is 0 Å². The minimum atomic E-state index is 0.0454. The number of aliphatic hydroxyl groups excluding tert-OH is 1. The first kappa shape index (κ1) is 12.4. The summed E-state index contributed by atoms with van der Waals surface area (Å²) in [6, 6.07) is 16.6. The molecule has 2 N–H and O–H groups in total. The molecule has 0 saturated heterocycles. The van der Waals surface area contributed by atoms with Crippen molar-refractivity contribution in [2.75, 3.05) is 16.9 Å². The van der Waals surface area contributed by atoms with Crippen LogP contribution in [0.5, 0.6) is 0 Å². The van der Waals surface area contributed by atoms with Gasteiger partial charge in [0.2, 0.25) is 0 Å². The molecule has 0 amide bonds. The molecule has 3 nitrogen and oxygen atoms in total. The van der Waals surface area contributed by atoms with Gasteiger partial charge in [0, 0.05) is 15.5 Å². The monoisotopic (exact) mass is 302 g/mol. The Morgan fingerprint density at radius 2 is 1.75 bits per heavy atom. The third kappa shape index (κ3) is 1.89. The fraction of sp³-hybridized carbons (Fsp3) is 0.200. The molecule has 4 rings (SSSR count). The van der Waals surface area contributed by atoms with Gasteiger partial charge < -0.3 is 15.3 Å². The highest BCUT2D eigenvalue weighted by Gasteiger charge is 2.38. The van der Waals surface area contributed by atoms with Gasteiger partial charge in [-0.2, -0.15) is 0 Å². The van der Waals surface area contributed by atoms with Gasteiger partial charge in [-0.1, -0.05) is 47.8 Å². The lowest BCUT2D eigenvalue weighted by Crippen LogP contribution is -2.40. The maximum absolute atomic E-state index is 9.74. The van der Waals surface area contributed by atoms with Gasteiger partial charge in [-0.05, 0) is 24.3 Å². The topological polar surface area (TPSA) is 35.5 Å². The zero-order valence-corrected chi connectivity index (χ0v) is 12.3. The van der Waals surface area contributed by atoms with Gasteiger partial charge in [-0.15, -0.1) is 0 Å². The van der Waals surface area contributed by atoms with Crippen molar-refractivity contribution >= 4 is 34.9 Å². The van der Waals surface area contributed by atoms with Crippen molar-refractivity contribution in [3.63, 3.8) is 0 Å². The van der Waals surface area contributed by atoms with E-state index in [2.05, 4.69) is 46.6 Å². The van der Waals surface area contributed by atoms with Crippen molar-refractivity contribution in [2.45, 2.75) is 20.5 Å². The molecule has 2 heterocycles. The number of hydrogen-bond acceptors (Lipinski definition) is 5. The Morgan fingerprint density at radius 3 is 2.55 bits per heavy atom. The second-order valence-electron chi connectivity index (χ2n) is 4.77. The summed E-state index contributed by atoms with van der Waals surface area (Å²) < 4.78 is 0. The molecule has 2 aliphatic heterocycles. The average molecular weight is 302 g/mol. The van der Waals surface area contributed by atoms with E-state index in [1.54, 1.807) is 0 Å². The van der Waals surface area contributed by atoms with E-state index in [9.17, 15) is 5.11 Å². The van der Waals surface area contributed by atoms with Crippen LogP contribution in [0.4, 0.5) is 11.4 Å². The first-order valence-corrected chi connectivity index (χ1v) is 8.28. The van der Waals surface area contributed by atoms with Gasteiger partial charge >= 0.3 is 0 Å².